The van der Waals surface area contributed by atoms with E-state index in [2.05, 4.69) is 14.7 Å². The quantitative estimate of drug-likeness (QED) is 0.766. The monoisotopic (exact) mass is 290 g/mol. The van der Waals surface area contributed by atoms with Gasteiger partial charge in [-0.05, 0) is 25.2 Å². The Bertz CT molecular complexity index is 877. The van der Waals surface area contributed by atoms with E-state index in [1.165, 1.54) is 7.05 Å². The predicted molar refractivity (Wildman–Crippen MR) is 76.7 cm³/mol. The van der Waals surface area contributed by atoms with Gasteiger partial charge in [0.25, 0.3) is 0 Å². The second-order valence-corrected chi connectivity index (χ2v) is 6.43. The van der Waals surface area contributed by atoms with Crippen LogP contribution in [0, 0.1) is 0 Å². The third-order valence-electron chi connectivity index (χ3n) is 3.21. The van der Waals surface area contributed by atoms with E-state index in [1.807, 2.05) is 24.0 Å². The summed E-state index contributed by atoms with van der Waals surface area (Å²) in [6, 6.07) is 4.99. The lowest BCUT2D eigenvalue weighted by Gasteiger charge is -2.03. The number of hydrogen-bond donors (Lipinski definition) is 2. The summed E-state index contributed by atoms with van der Waals surface area (Å²) in [4.78, 5) is 7.67. The Labute approximate surface area is 116 Å². The van der Waals surface area contributed by atoms with Crippen molar-refractivity contribution in [2.45, 2.75) is 4.90 Å². The standard InChI is InChI=1S/C13H14N4O2S/c1-14-20(18,19)9-3-4-12-10(5-9)11(6-15-12)13-7-17(2)8-16-13/h3-8,14-15H,1-2H3. The average Bonchev–Trinajstić information content (AvgIpc) is 3.03. The van der Waals surface area contributed by atoms with E-state index in [-0.39, 0.29) is 4.90 Å². The van der Waals surface area contributed by atoms with Crippen molar-refractivity contribution >= 4 is 20.9 Å². The molecule has 0 spiro atoms. The highest BCUT2D eigenvalue weighted by atomic mass is 32.2. The van der Waals surface area contributed by atoms with E-state index in [1.54, 1.807) is 24.5 Å². The van der Waals surface area contributed by atoms with Crippen molar-refractivity contribution in [2.24, 2.45) is 7.05 Å². The first-order valence-electron chi connectivity index (χ1n) is 6.04. The molecule has 0 aliphatic carbocycles. The highest BCUT2D eigenvalue weighted by molar-refractivity contribution is 7.89. The first kappa shape index (κ1) is 12.9. The molecule has 2 aromatic heterocycles. The molecular weight excluding hydrogens is 276 g/mol. The van der Waals surface area contributed by atoms with Crippen LogP contribution < -0.4 is 4.72 Å². The first-order chi connectivity index (χ1) is 9.51. The summed E-state index contributed by atoms with van der Waals surface area (Å²) in [6.45, 7) is 0. The summed E-state index contributed by atoms with van der Waals surface area (Å²) in [7, 11) is -0.161. The van der Waals surface area contributed by atoms with Crippen molar-refractivity contribution in [1.29, 1.82) is 0 Å². The van der Waals surface area contributed by atoms with Crippen molar-refractivity contribution in [2.75, 3.05) is 7.05 Å². The Balaban J connectivity index is 2.23. The van der Waals surface area contributed by atoms with Crippen LogP contribution in [0.4, 0.5) is 0 Å². The molecular formula is C13H14N4O2S. The second kappa shape index (κ2) is 4.46. The van der Waals surface area contributed by atoms with Crippen LogP contribution in [0.1, 0.15) is 0 Å². The van der Waals surface area contributed by atoms with Gasteiger partial charge in [0.1, 0.15) is 0 Å². The number of aromatic nitrogens is 3. The number of sulfonamides is 1. The Morgan fingerprint density at radius 2 is 2.15 bits per heavy atom. The van der Waals surface area contributed by atoms with Crippen LogP contribution in [-0.4, -0.2) is 30.0 Å². The van der Waals surface area contributed by atoms with Gasteiger partial charge in [0.2, 0.25) is 10.0 Å². The molecule has 0 aliphatic rings. The van der Waals surface area contributed by atoms with Gasteiger partial charge < -0.3 is 9.55 Å². The molecule has 1 aromatic carbocycles. The van der Waals surface area contributed by atoms with Crippen LogP contribution >= 0.6 is 0 Å². The molecule has 20 heavy (non-hydrogen) atoms. The van der Waals surface area contributed by atoms with E-state index in [4.69, 9.17) is 0 Å². The predicted octanol–water partition coefficient (Wildman–Crippen LogP) is 1.48. The third-order valence-corrected chi connectivity index (χ3v) is 4.63. The molecule has 0 saturated carbocycles. The van der Waals surface area contributed by atoms with E-state index >= 15 is 0 Å². The minimum absolute atomic E-state index is 0.240. The maximum atomic E-state index is 11.9. The Morgan fingerprint density at radius 1 is 1.35 bits per heavy atom. The number of rotatable bonds is 3. The molecule has 3 rings (SSSR count). The smallest absolute Gasteiger partial charge is 0.240 e. The minimum Gasteiger partial charge on any atom is -0.360 e. The highest BCUT2D eigenvalue weighted by Gasteiger charge is 2.15. The number of H-pyrrole nitrogens is 1. The lowest BCUT2D eigenvalue weighted by molar-refractivity contribution is 0.588. The van der Waals surface area contributed by atoms with Crippen molar-refractivity contribution in [1.82, 2.24) is 19.3 Å². The molecule has 0 unspecified atom stereocenters. The van der Waals surface area contributed by atoms with Gasteiger partial charge in [-0.15, -0.1) is 0 Å². The van der Waals surface area contributed by atoms with Crippen LogP contribution in [0.3, 0.4) is 0 Å². The van der Waals surface area contributed by atoms with E-state index < -0.39 is 10.0 Å². The van der Waals surface area contributed by atoms with Crippen molar-refractivity contribution < 1.29 is 8.42 Å². The number of fused-ring (bicyclic) bond motifs is 1. The van der Waals surface area contributed by atoms with E-state index in [9.17, 15) is 8.42 Å². The summed E-state index contributed by atoms with van der Waals surface area (Å²) >= 11 is 0. The zero-order valence-electron chi connectivity index (χ0n) is 11.1. The van der Waals surface area contributed by atoms with E-state index in [0.29, 0.717) is 0 Å². The van der Waals surface area contributed by atoms with Gasteiger partial charge in [-0.1, -0.05) is 0 Å². The summed E-state index contributed by atoms with van der Waals surface area (Å²) in [6.07, 6.45) is 5.44. The molecule has 3 aromatic rings. The largest absolute Gasteiger partial charge is 0.360 e. The maximum absolute atomic E-state index is 11.9. The summed E-state index contributed by atoms with van der Waals surface area (Å²) < 4.78 is 27.9. The van der Waals surface area contributed by atoms with Crippen molar-refractivity contribution in [3.63, 3.8) is 0 Å². The average molecular weight is 290 g/mol. The number of nitrogens with one attached hydrogen (secondary N) is 2. The molecule has 2 N–H and O–H groups in total. The number of nitrogens with zero attached hydrogens (tertiary/aromatic N) is 2. The molecule has 6 nitrogen and oxygen atoms in total. The number of hydrogen-bond acceptors (Lipinski definition) is 3. The summed E-state index contributed by atoms with van der Waals surface area (Å²) in [5.74, 6) is 0. The van der Waals surface area contributed by atoms with Gasteiger partial charge in [0.05, 0.1) is 16.9 Å². The van der Waals surface area contributed by atoms with Gasteiger partial charge in [0.15, 0.2) is 0 Å². The fraction of sp³-hybridized carbons (Fsp3) is 0.154. The van der Waals surface area contributed by atoms with Gasteiger partial charge in [-0.25, -0.2) is 18.1 Å². The zero-order valence-corrected chi connectivity index (χ0v) is 11.9. The molecule has 104 valence electrons. The van der Waals surface area contributed by atoms with Gasteiger partial charge in [0, 0.05) is 35.9 Å². The second-order valence-electron chi connectivity index (χ2n) is 4.54. The van der Waals surface area contributed by atoms with Crippen LogP contribution in [0.25, 0.3) is 22.2 Å². The SMILES string of the molecule is CNS(=O)(=O)c1ccc2[nH]cc(-c3cn(C)cn3)c2c1. The number of benzene rings is 1. The van der Waals surface area contributed by atoms with Crippen molar-refractivity contribution in [3.8, 4) is 11.3 Å². The molecule has 0 bridgehead atoms. The Hall–Kier alpha value is -2.12. The number of aromatic amines is 1. The van der Waals surface area contributed by atoms with Crippen LogP contribution in [0.15, 0.2) is 41.8 Å². The van der Waals surface area contributed by atoms with Gasteiger partial charge in [-0.3, -0.25) is 0 Å². The minimum atomic E-state index is -3.45. The molecule has 0 radical (unpaired) electrons. The maximum Gasteiger partial charge on any atom is 0.240 e. The molecule has 7 heteroatoms. The van der Waals surface area contributed by atoms with Crippen LogP contribution in [-0.2, 0) is 17.1 Å². The highest BCUT2D eigenvalue weighted by Crippen LogP contribution is 2.29. The molecule has 0 atom stereocenters. The zero-order chi connectivity index (χ0) is 14.3. The number of imidazole rings is 1. The molecule has 0 saturated heterocycles. The Kier molecular flexibility index (Phi) is 2.88. The first-order valence-corrected chi connectivity index (χ1v) is 7.52. The third kappa shape index (κ3) is 2.00. The lowest BCUT2D eigenvalue weighted by Crippen LogP contribution is -2.18. The lowest BCUT2D eigenvalue weighted by atomic mass is 10.1. The Morgan fingerprint density at radius 3 is 2.80 bits per heavy atom. The summed E-state index contributed by atoms with van der Waals surface area (Å²) in [5.41, 5.74) is 2.56. The van der Waals surface area contributed by atoms with E-state index in [0.717, 1.165) is 22.2 Å². The van der Waals surface area contributed by atoms with Crippen LogP contribution in [0.2, 0.25) is 0 Å². The molecule has 2 heterocycles. The molecule has 0 fully saturated rings. The topological polar surface area (TPSA) is 79.8 Å². The van der Waals surface area contributed by atoms with Crippen LogP contribution in [0.5, 0.6) is 0 Å². The van der Waals surface area contributed by atoms with Gasteiger partial charge in [-0.2, -0.15) is 0 Å². The fourth-order valence-corrected chi connectivity index (χ4v) is 2.90. The van der Waals surface area contributed by atoms with Gasteiger partial charge >= 0.3 is 0 Å². The summed E-state index contributed by atoms with van der Waals surface area (Å²) in [5, 5.41) is 0.833. The molecule has 0 aliphatic heterocycles. The normalized spacial score (nSPS) is 12.1. The number of aryl methyl sites for hydroxylation is 1. The molecule has 0 amide bonds. The fourth-order valence-electron chi connectivity index (χ4n) is 2.15. The van der Waals surface area contributed by atoms with Crippen molar-refractivity contribution in [3.05, 3.63) is 36.9 Å².